The number of fused-ring (bicyclic) bond motifs is 1. The minimum absolute atomic E-state index is 0.103. The highest BCUT2D eigenvalue weighted by Crippen LogP contribution is 2.31. The van der Waals surface area contributed by atoms with Gasteiger partial charge in [-0.1, -0.05) is 31.5 Å². The Hall–Kier alpha value is -2.34. The fraction of sp³-hybridized carbons (Fsp3) is 0.600. The average molecular weight is 425 g/mol. The normalized spacial score (nSPS) is 21.9. The molecule has 2 aromatic rings. The van der Waals surface area contributed by atoms with Gasteiger partial charge in [0, 0.05) is 57.6 Å². The van der Waals surface area contributed by atoms with Crippen molar-refractivity contribution in [3.8, 4) is 5.75 Å². The summed E-state index contributed by atoms with van der Waals surface area (Å²) in [6.45, 7) is 5.54. The van der Waals surface area contributed by atoms with Crippen LogP contribution in [-0.2, 0) is 18.4 Å². The Morgan fingerprint density at radius 1 is 1.26 bits per heavy atom. The highest BCUT2D eigenvalue weighted by atomic mass is 16.5. The number of piperidine rings is 1. The standard InChI is InChI=1S/C25H36N4O2/c1-3-4-10-21-19-28(18-20-9-5-6-12-23(20)31-21)16-13-24(30)29-15-8-7-11-22(29)25-26-14-17-27(25)2/h5-6,9,12,14,17,21-22H,3-4,7-8,10-11,13,15-16,18-19H2,1-2H3. The van der Waals surface area contributed by atoms with Gasteiger partial charge in [-0.05, 0) is 38.2 Å². The van der Waals surface area contributed by atoms with Gasteiger partial charge in [-0.3, -0.25) is 9.69 Å². The Labute approximate surface area is 186 Å². The molecule has 0 aliphatic carbocycles. The maximum absolute atomic E-state index is 13.3. The summed E-state index contributed by atoms with van der Waals surface area (Å²) in [5.74, 6) is 2.25. The van der Waals surface area contributed by atoms with Crippen LogP contribution in [0.4, 0.5) is 0 Å². The minimum atomic E-state index is 0.103. The first kappa shape index (κ1) is 21.9. The molecule has 1 aromatic heterocycles. The molecule has 31 heavy (non-hydrogen) atoms. The van der Waals surface area contributed by atoms with Crippen LogP contribution in [0.1, 0.15) is 69.3 Å². The second-order valence-electron chi connectivity index (χ2n) is 8.97. The van der Waals surface area contributed by atoms with E-state index < -0.39 is 0 Å². The van der Waals surface area contributed by atoms with Crippen LogP contribution >= 0.6 is 0 Å². The number of likely N-dealkylation sites (tertiary alicyclic amines) is 1. The number of aryl methyl sites for hydroxylation is 1. The molecular formula is C25H36N4O2. The topological polar surface area (TPSA) is 50.6 Å². The minimum Gasteiger partial charge on any atom is -0.489 e. The van der Waals surface area contributed by atoms with Crippen LogP contribution in [0, 0.1) is 0 Å². The molecule has 168 valence electrons. The summed E-state index contributed by atoms with van der Waals surface area (Å²) < 4.78 is 8.40. The van der Waals surface area contributed by atoms with Crippen LogP contribution in [0.25, 0.3) is 0 Å². The predicted molar refractivity (Wildman–Crippen MR) is 122 cm³/mol. The molecular weight excluding hydrogens is 388 g/mol. The smallest absolute Gasteiger partial charge is 0.224 e. The molecule has 1 aromatic carbocycles. The van der Waals surface area contributed by atoms with E-state index >= 15 is 0 Å². The number of rotatable bonds is 7. The molecule has 0 N–H and O–H groups in total. The molecule has 2 unspecified atom stereocenters. The predicted octanol–water partition coefficient (Wildman–Crippen LogP) is 4.32. The number of hydrogen-bond acceptors (Lipinski definition) is 4. The SMILES string of the molecule is CCCCC1CN(CCC(=O)N2CCCCC2c2nccn2C)Cc2ccccc2O1. The van der Waals surface area contributed by atoms with Crippen LogP contribution in [0.5, 0.6) is 5.75 Å². The zero-order chi connectivity index (χ0) is 21.6. The first-order valence-corrected chi connectivity index (χ1v) is 11.9. The van der Waals surface area contributed by atoms with Crippen molar-refractivity contribution in [2.75, 3.05) is 19.6 Å². The maximum Gasteiger partial charge on any atom is 0.224 e. The van der Waals surface area contributed by atoms with Gasteiger partial charge in [-0.2, -0.15) is 0 Å². The molecule has 3 heterocycles. The van der Waals surface area contributed by atoms with Crippen molar-refractivity contribution < 1.29 is 9.53 Å². The third kappa shape index (κ3) is 5.29. The molecule has 0 bridgehead atoms. The van der Waals surface area contributed by atoms with E-state index in [2.05, 4.69) is 44.5 Å². The van der Waals surface area contributed by atoms with Gasteiger partial charge in [0.15, 0.2) is 0 Å². The van der Waals surface area contributed by atoms with Crippen LogP contribution in [0.15, 0.2) is 36.7 Å². The number of unbranched alkanes of at least 4 members (excludes halogenated alkanes) is 1. The molecule has 2 atom stereocenters. The summed E-state index contributed by atoms with van der Waals surface area (Å²) in [5, 5.41) is 0. The number of nitrogens with zero attached hydrogens (tertiary/aromatic N) is 4. The van der Waals surface area contributed by atoms with Gasteiger partial charge in [0.2, 0.25) is 5.91 Å². The van der Waals surface area contributed by atoms with E-state index in [-0.39, 0.29) is 18.1 Å². The molecule has 2 aliphatic heterocycles. The number of para-hydroxylation sites is 1. The molecule has 2 aliphatic rings. The van der Waals surface area contributed by atoms with Crippen LogP contribution in [0.3, 0.4) is 0 Å². The van der Waals surface area contributed by atoms with Crippen molar-refractivity contribution in [3.63, 3.8) is 0 Å². The van der Waals surface area contributed by atoms with Gasteiger partial charge >= 0.3 is 0 Å². The summed E-state index contributed by atoms with van der Waals surface area (Å²) in [5.41, 5.74) is 1.22. The molecule has 0 radical (unpaired) electrons. The molecule has 4 rings (SSSR count). The molecule has 1 fully saturated rings. The molecule has 0 saturated carbocycles. The number of carbonyl (C=O) groups excluding carboxylic acids is 1. The van der Waals surface area contributed by atoms with E-state index in [1.165, 1.54) is 18.4 Å². The highest BCUT2D eigenvalue weighted by Gasteiger charge is 2.31. The lowest BCUT2D eigenvalue weighted by Gasteiger charge is -2.36. The van der Waals surface area contributed by atoms with Crippen LogP contribution in [-0.4, -0.2) is 51.0 Å². The molecule has 6 nitrogen and oxygen atoms in total. The van der Waals surface area contributed by atoms with E-state index in [1.807, 2.05) is 25.5 Å². The Bertz CT molecular complexity index is 865. The average Bonchev–Trinajstić information content (AvgIpc) is 3.13. The van der Waals surface area contributed by atoms with Gasteiger partial charge in [-0.15, -0.1) is 0 Å². The first-order chi connectivity index (χ1) is 15.2. The molecule has 0 spiro atoms. The maximum atomic E-state index is 13.3. The van der Waals surface area contributed by atoms with Gasteiger partial charge in [0.1, 0.15) is 17.7 Å². The third-order valence-corrected chi connectivity index (χ3v) is 6.62. The number of imidazole rings is 1. The number of carbonyl (C=O) groups is 1. The van der Waals surface area contributed by atoms with E-state index in [1.54, 1.807) is 0 Å². The lowest BCUT2D eigenvalue weighted by molar-refractivity contribution is -0.135. The summed E-state index contributed by atoms with van der Waals surface area (Å²) in [4.78, 5) is 22.3. The van der Waals surface area contributed by atoms with Crippen molar-refractivity contribution in [1.29, 1.82) is 0 Å². The third-order valence-electron chi connectivity index (χ3n) is 6.62. The second kappa shape index (κ2) is 10.3. The van der Waals surface area contributed by atoms with Crippen LogP contribution in [0.2, 0.25) is 0 Å². The lowest BCUT2D eigenvalue weighted by Crippen LogP contribution is -2.41. The van der Waals surface area contributed by atoms with Crippen molar-refractivity contribution in [2.45, 2.75) is 70.6 Å². The van der Waals surface area contributed by atoms with Gasteiger partial charge in [-0.25, -0.2) is 4.98 Å². The summed E-state index contributed by atoms with van der Waals surface area (Å²) in [6, 6.07) is 8.45. The van der Waals surface area contributed by atoms with Crippen molar-refractivity contribution in [2.24, 2.45) is 7.05 Å². The highest BCUT2D eigenvalue weighted by molar-refractivity contribution is 5.77. The fourth-order valence-corrected chi connectivity index (χ4v) is 4.91. The number of ether oxygens (including phenoxy) is 1. The molecule has 1 amide bonds. The Kier molecular flexibility index (Phi) is 7.28. The summed E-state index contributed by atoms with van der Waals surface area (Å²) in [7, 11) is 2.02. The quantitative estimate of drug-likeness (QED) is 0.664. The van der Waals surface area contributed by atoms with Gasteiger partial charge < -0.3 is 14.2 Å². The number of hydrogen-bond donors (Lipinski definition) is 0. The number of benzene rings is 1. The van der Waals surface area contributed by atoms with E-state index in [9.17, 15) is 4.79 Å². The van der Waals surface area contributed by atoms with Crippen molar-refractivity contribution in [3.05, 3.63) is 48.0 Å². The lowest BCUT2D eigenvalue weighted by atomic mass is 10.0. The van der Waals surface area contributed by atoms with E-state index in [0.29, 0.717) is 6.42 Å². The second-order valence-corrected chi connectivity index (χ2v) is 8.97. The fourth-order valence-electron chi connectivity index (χ4n) is 4.91. The van der Waals surface area contributed by atoms with Crippen molar-refractivity contribution in [1.82, 2.24) is 19.4 Å². The zero-order valence-corrected chi connectivity index (χ0v) is 19.0. The molecule has 1 saturated heterocycles. The summed E-state index contributed by atoms with van der Waals surface area (Å²) >= 11 is 0. The molecule has 6 heteroatoms. The number of amides is 1. The Morgan fingerprint density at radius 2 is 2.13 bits per heavy atom. The largest absolute Gasteiger partial charge is 0.489 e. The van der Waals surface area contributed by atoms with Crippen molar-refractivity contribution >= 4 is 5.91 Å². The number of aromatic nitrogens is 2. The Morgan fingerprint density at radius 3 is 2.94 bits per heavy atom. The first-order valence-electron chi connectivity index (χ1n) is 11.9. The van der Waals surface area contributed by atoms with Gasteiger partial charge in [0.05, 0.1) is 6.04 Å². The van der Waals surface area contributed by atoms with Crippen LogP contribution < -0.4 is 4.74 Å². The monoisotopic (exact) mass is 424 g/mol. The Balaban J connectivity index is 1.42. The van der Waals surface area contributed by atoms with E-state index in [4.69, 9.17) is 4.74 Å². The van der Waals surface area contributed by atoms with Gasteiger partial charge in [0.25, 0.3) is 0 Å². The zero-order valence-electron chi connectivity index (χ0n) is 19.0. The summed E-state index contributed by atoms with van der Waals surface area (Å²) in [6.07, 6.45) is 11.2. The van der Waals surface area contributed by atoms with E-state index in [0.717, 1.165) is 63.4 Å².